The lowest BCUT2D eigenvalue weighted by molar-refractivity contribution is 0.310. The summed E-state index contributed by atoms with van der Waals surface area (Å²) in [6.45, 7) is 2.37. The van der Waals surface area contributed by atoms with Gasteiger partial charge in [-0.25, -0.2) is 13.1 Å². The lowest BCUT2D eigenvalue weighted by Crippen LogP contribution is -2.40. The van der Waals surface area contributed by atoms with Crippen molar-refractivity contribution < 1.29 is 8.42 Å². The van der Waals surface area contributed by atoms with Crippen LogP contribution in [0.2, 0.25) is 0 Å². The molecule has 1 aliphatic rings. The van der Waals surface area contributed by atoms with Gasteiger partial charge in [0.15, 0.2) is 0 Å². The quantitative estimate of drug-likeness (QED) is 0.837. The molecule has 2 rings (SSSR count). The van der Waals surface area contributed by atoms with Gasteiger partial charge < -0.3 is 5.73 Å². The van der Waals surface area contributed by atoms with Gasteiger partial charge >= 0.3 is 0 Å². The van der Waals surface area contributed by atoms with E-state index >= 15 is 0 Å². The Hall–Kier alpha value is -1.35. The summed E-state index contributed by atoms with van der Waals surface area (Å²) in [6, 6.07) is 6.72. The fourth-order valence-corrected chi connectivity index (χ4v) is 4.08. The van der Waals surface area contributed by atoms with E-state index in [9.17, 15) is 8.42 Å². The highest BCUT2D eigenvalue weighted by Crippen LogP contribution is 2.25. The number of hydrogen-bond donors (Lipinski definition) is 2. The lowest BCUT2D eigenvalue weighted by Gasteiger charge is -2.29. The topological polar surface area (TPSA) is 72.2 Å². The summed E-state index contributed by atoms with van der Waals surface area (Å²) in [7, 11) is -3.49. The van der Waals surface area contributed by atoms with E-state index in [-0.39, 0.29) is 17.5 Å². The molecular formula is C16H22N2O2S. The Morgan fingerprint density at radius 2 is 2.10 bits per heavy atom. The van der Waals surface area contributed by atoms with Crippen molar-refractivity contribution in [2.24, 2.45) is 11.7 Å². The second-order valence-corrected chi connectivity index (χ2v) is 7.24. The van der Waals surface area contributed by atoms with Crippen molar-refractivity contribution in [2.45, 2.75) is 43.5 Å². The van der Waals surface area contributed by atoms with E-state index in [4.69, 9.17) is 5.73 Å². The summed E-state index contributed by atoms with van der Waals surface area (Å²) >= 11 is 0. The number of sulfonamides is 1. The van der Waals surface area contributed by atoms with Gasteiger partial charge in [-0.15, -0.1) is 0 Å². The van der Waals surface area contributed by atoms with Gasteiger partial charge in [0, 0.05) is 11.6 Å². The van der Waals surface area contributed by atoms with E-state index in [0.717, 1.165) is 19.3 Å². The molecule has 5 heteroatoms. The second kappa shape index (κ2) is 7.08. The molecule has 3 N–H and O–H groups in total. The second-order valence-electron chi connectivity index (χ2n) is 5.52. The van der Waals surface area contributed by atoms with Crippen LogP contribution in [0.4, 0.5) is 0 Å². The van der Waals surface area contributed by atoms with Crippen LogP contribution in [-0.4, -0.2) is 21.0 Å². The molecule has 4 nitrogen and oxygen atoms in total. The van der Waals surface area contributed by atoms with Crippen LogP contribution >= 0.6 is 0 Å². The Bertz CT molecular complexity index is 644. The van der Waals surface area contributed by atoms with Crippen LogP contribution in [0, 0.1) is 17.8 Å². The van der Waals surface area contributed by atoms with Crippen LogP contribution in [0.25, 0.3) is 0 Å². The first kappa shape index (κ1) is 16.0. The maximum atomic E-state index is 12.5. The predicted molar refractivity (Wildman–Crippen MR) is 84.1 cm³/mol. The first-order valence-corrected chi connectivity index (χ1v) is 8.82. The number of hydrogen-bond acceptors (Lipinski definition) is 3. The number of benzene rings is 1. The molecule has 114 valence electrons. The minimum Gasteiger partial charge on any atom is -0.320 e. The van der Waals surface area contributed by atoms with E-state index in [1.165, 1.54) is 6.42 Å². The van der Waals surface area contributed by atoms with Gasteiger partial charge in [-0.05, 0) is 37.0 Å². The molecule has 2 unspecified atom stereocenters. The maximum Gasteiger partial charge on any atom is 0.240 e. The Morgan fingerprint density at radius 1 is 1.33 bits per heavy atom. The number of rotatable bonds is 3. The normalized spacial score (nSPS) is 22.4. The zero-order chi connectivity index (χ0) is 15.3. The molecule has 2 atom stereocenters. The van der Waals surface area contributed by atoms with Crippen molar-refractivity contribution in [1.82, 2.24) is 4.72 Å². The first-order chi connectivity index (χ1) is 10.0. The van der Waals surface area contributed by atoms with Gasteiger partial charge in [-0.1, -0.05) is 37.7 Å². The summed E-state index contributed by atoms with van der Waals surface area (Å²) < 4.78 is 27.8. The molecule has 0 aliphatic heterocycles. The fraction of sp³-hybridized carbons (Fsp3) is 0.500. The van der Waals surface area contributed by atoms with Gasteiger partial charge in [0.2, 0.25) is 10.0 Å². The molecular weight excluding hydrogens is 284 g/mol. The molecule has 21 heavy (non-hydrogen) atoms. The van der Waals surface area contributed by atoms with Crippen LogP contribution in [-0.2, 0) is 10.0 Å². The molecule has 0 saturated heterocycles. The van der Waals surface area contributed by atoms with Gasteiger partial charge in [-0.3, -0.25) is 0 Å². The van der Waals surface area contributed by atoms with Crippen LogP contribution in [0.15, 0.2) is 29.2 Å². The smallest absolute Gasteiger partial charge is 0.240 e. The van der Waals surface area contributed by atoms with Crippen LogP contribution in [0.1, 0.15) is 38.2 Å². The van der Waals surface area contributed by atoms with Gasteiger partial charge in [0.1, 0.15) is 0 Å². The van der Waals surface area contributed by atoms with Crippen molar-refractivity contribution in [1.29, 1.82) is 0 Å². The summed E-state index contributed by atoms with van der Waals surface area (Å²) in [5, 5.41) is 0. The molecule has 0 aromatic heterocycles. The molecule has 1 saturated carbocycles. The fourth-order valence-electron chi connectivity index (χ4n) is 2.65. The van der Waals surface area contributed by atoms with Gasteiger partial charge in [-0.2, -0.15) is 0 Å². The monoisotopic (exact) mass is 306 g/mol. The predicted octanol–water partition coefficient (Wildman–Crippen LogP) is 1.85. The Balaban J connectivity index is 2.19. The minimum absolute atomic E-state index is 0.0301. The van der Waals surface area contributed by atoms with E-state index in [0.29, 0.717) is 11.5 Å². The average Bonchev–Trinajstić information content (AvgIpc) is 2.48. The Morgan fingerprint density at radius 3 is 2.81 bits per heavy atom. The third-order valence-corrected chi connectivity index (χ3v) is 5.38. The maximum absolute atomic E-state index is 12.5. The van der Waals surface area contributed by atoms with Crippen LogP contribution < -0.4 is 10.5 Å². The van der Waals surface area contributed by atoms with E-state index in [2.05, 4.69) is 23.5 Å². The largest absolute Gasteiger partial charge is 0.320 e. The highest BCUT2D eigenvalue weighted by Gasteiger charge is 2.26. The molecule has 0 heterocycles. The zero-order valence-corrected chi connectivity index (χ0v) is 13.1. The number of nitrogens with two attached hydrogens (primary N) is 1. The molecule has 1 aromatic carbocycles. The SMILES string of the molecule is CC1CCCCC1NS(=O)(=O)c1cccc(C#CCN)c1. The van der Waals surface area contributed by atoms with Crippen LogP contribution in [0.3, 0.4) is 0 Å². The van der Waals surface area contributed by atoms with E-state index < -0.39 is 10.0 Å². The Kier molecular flexibility index (Phi) is 5.40. The molecule has 1 aliphatic carbocycles. The molecule has 0 radical (unpaired) electrons. The summed E-state index contributed by atoms with van der Waals surface area (Å²) in [4.78, 5) is 0.268. The highest BCUT2D eigenvalue weighted by atomic mass is 32.2. The molecule has 0 amide bonds. The molecule has 0 spiro atoms. The van der Waals surface area contributed by atoms with Crippen molar-refractivity contribution in [3.05, 3.63) is 29.8 Å². The van der Waals surface area contributed by atoms with Crippen molar-refractivity contribution in [2.75, 3.05) is 6.54 Å². The third kappa shape index (κ3) is 4.31. The zero-order valence-electron chi connectivity index (χ0n) is 12.3. The first-order valence-electron chi connectivity index (χ1n) is 7.34. The molecule has 0 bridgehead atoms. The van der Waals surface area contributed by atoms with Crippen molar-refractivity contribution in [3.63, 3.8) is 0 Å². The molecule has 1 aromatic rings. The molecule has 1 fully saturated rings. The van der Waals surface area contributed by atoms with Gasteiger partial charge in [0.05, 0.1) is 11.4 Å². The van der Waals surface area contributed by atoms with Crippen molar-refractivity contribution in [3.8, 4) is 11.8 Å². The van der Waals surface area contributed by atoms with Gasteiger partial charge in [0.25, 0.3) is 0 Å². The minimum atomic E-state index is -3.49. The standard InChI is InChI=1S/C16H22N2O2S/c1-13-6-2-3-10-16(13)18-21(19,20)15-9-4-7-14(12-15)8-5-11-17/h4,7,9,12-13,16,18H,2-3,6,10-11,17H2,1H3. The van der Waals surface area contributed by atoms with Crippen molar-refractivity contribution >= 4 is 10.0 Å². The Labute approximate surface area is 127 Å². The third-order valence-electron chi connectivity index (χ3n) is 3.90. The lowest BCUT2D eigenvalue weighted by atomic mass is 9.87. The highest BCUT2D eigenvalue weighted by molar-refractivity contribution is 7.89. The summed E-state index contributed by atoms with van der Waals surface area (Å²) in [5.41, 5.74) is 6.00. The average molecular weight is 306 g/mol. The van der Waals surface area contributed by atoms with Crippen LogP contribution in [0.5, 0.6) is 0 Å². The number of nitrogens with one attached hydrogen (secondary N) is 1. The van der Waals surface area contributed by atoms with E-state index in [1.807, 2.05) is 0 Å². The van der Waals surface area contributed by atoms with E-state index in [1.54, 1.807) is 24.3 Å². The summed E-state index contributed by atoms with van der Waals surface area (Å²) in [6.07, 6.45) is 4.26. The summed E-state index contributed by atoms with van der Waals surface area (Å²) in [5.74, 6) is 5.98.